The fourth-order valence-corrected chi connectivity index (χ4v) is 2.84. The van der Waals surface area contributed by atoms with Crippen LogP contribution < -0.4 is 0 Å². The zero-order valence-electron chi connectivity index (χ0n) is 12.6. The quantitative estimate of drug-likeness (QED) is 0.507. The third-order valence-corrected chi connectivity index (χ3v) is 3.92. The van der Waals surface area contributed by atoms with Crippen molar-refractivity contribution in [1.29, 1.82) is 0 Å². The molecule has 0 amide bonds. The highest BCUT2D eigenvalue weighted by Crippen LogP contribution is 2.29. The number of imidazole rings is 1. The van der Waals surface area contributed by atoms with Crippen molar-refractivity contribution in [2.24, 2.45) is 0 Å². The molecule has 0 saturated heterocycles. The highest BCUT2D eigenvalue weighted by Gasteiger charge is 2.11. The lowest BCUT2D eigenvalue weighted by atomic mass is 10.0. The molecule has 2 nitrogen and oxygen atoms in total. The number of benzene rings is 3. The second-order valence-electron chi connectivity index (χ2n) is 5.37. The van der Waals surface area contributed by atoms with Gasteiger partial charge in [-0.1, -0.05) is 78.9 Å². The average Bonchev–Trinajstić information content (AvgIpc) is 3.13. The summed E-state index contributed by atoms with van der Waals surface area (Å²) < 4.78 is 2.15. The molecule has 0 aliphatic heterocycles. The molecular weight excluding hydrogens is 280 g/mol. The molecule has 0 aliphatic rings. The maximum Gasteiger partial charge on any atom is 0.144 e. The molecule has 2 heteroatoms. The molecule has 4 rings (SSSR count). The van der Waals surface area contributed by atoms with Gasteiger partial charge in [0.05, 0.1) is 5.69 Å². The molecule has 110 valence electrons. The van der Waals surface area contributed by atoms with Crippen LogP contribution in [0.25, 0.3) is 28.2 Å². The Labute approximate surface area is 135 Å². The van der Waals surface area contributed by atoms with Gasteiger partial charge in [0.25, 0.3) is 0 Å². The van der Waals surface area contributed by atoms with Crippen LogP contribution in [0.15, 0.2) is 97.3 Å². The van der Waals surface area contributed by atoms with Crippen LogP contribution in [0.4, 0.5) is 0 Å². The second kappa shape index (κ2) is 5.93. The normalized spacial score (nSPS) is 10.6. The molecule has 4 aromatic rings. The van der Waals surface area contributed by atoms with E-state index in [0.717, 1.165) is 17.1 Å². The van der Waals surface area contributed by atoms with Gasteiger partial charge in [0.1, 0.15) is 5.82 Å². The van der Waals surface area contributed by atoms with E-state index in [1.54, 1.807) is 0 Å². The lowest BCUT2D eigenvalue weighted by Gasteiger charge is -2.13. The number of aromatic nitrogens is 2. The summed E-state index contributed by atoms with van der Waals surface area (Å²) in [4.78, 5) is 4.56. The summed E-state index contributed by atoms with van der Waals surface area (Å²) in [6.45, 7) is 0. The predicted molar refractivity (Wildman–Crippen MR) is 94.4 cm³/mol. The van der Waals surface area contributed by atoms with E-state index < -0.39 is 0 Å². The topological polar surface area (TPSA) is 17.8 Å². The summed E-state index contributed by atoms with van der Waals surface area (Å²) in [5, 5.41) is 0. The van der Waals surface area contributed by atoms with Gasteiger partial charge in [0.2, 0.25) is 0 Å². The minimum Gasteiger partial charge on any atom is -0.299 e. The van der Waals surface area contributed by atoms with E-state index in [0.29, 0.717) is 0 Å². The Morgan fingerprint density at radius 3 is 1.96 bits per heavy atom. The van der Waals surface area contributed by atoms with Gasteiger partial charge < -0.3 is 0 Å². The first-order chi connectivity index (χ1) is 11.4. The molecule has 0 N–H and O–H groups in total. The molecule has 0 fully saturated rings. The Morgan fingerprint density at radius 1 is 0.609 bits per heavy atom. The first kappa shape index (κ1) is 13.5. The van der Waals surface area contributed by atoms with Crippen LogP contribution in [0, 0.1) is 0 Å². The lowest BCUT2D eigenvalue weighted by Crippen LogP contribution is -1.98. The molecule has 0 aliphatic carbocycles. The predicted octanol–water partition coefficient (Wildman–Crippen LogP) is 5.21. The monoisotopic (exact) mass is 296 g/mol. The summed E-state index contributed by atoms with van der Waals surface area (Å²) in [6, 6.07) is 29.2. The summed E-state index contributed by atoms with van der Waals surface area (Å²) >= 11 is 0. The minimum absolute atomic E-state index is 0.953. The highest BCUT2D eigenvalue weighted by atomic mass is 15.1. The standard InChI is InChI=1S/C21H16N2/c1-3-9-17(10-4-1)19-13-7-8-14-20(19)23-16-15-22-21(23)18-11-5-2-6-12-18/h1-16H. The van der Waals surface area contributed by atoms with Crippen LogP contribution in [0.5, 0.6) is 0 Å². The van der Waals surface area contributed by atoms with Gasteiger partial charge in [-0.25, -0.2) is 4.98 Å². The van der Waals surface area contributed by atoms with Crippen LogP contribution in [0.3, 0.4) is 0 Å². The third kappa shape index (κ3) is 2.55. The number of hydrogen-bond acceptors (Lipinski definition) is 1. The smallest absolute Gasteiger partial charge is 0.144 e. The summed E-state index contributed by atoms with van der Waals surface area (Å²) in [6.07, 6.45) is 3.87. The molecule has 0 saturated carbocycles. The second-order valence-corrected chi connectivity index (χ2v) is 5.37. The lowest BCUT2D eigenvalue weighted by molar-refractivity contribution is 1.07. The molecule has 23 heavy (non-hydrogen) atoms. The number of hydrogen-bond donors (Lipinski definition) is 0. The van der Waals surface area contributed by atoms with Crippen LogP contribution in [0.1, 0.15) is 0 Å². The Morgan fingerprint density at radius 2 is 1.22 bits per heavy atom. The highest BCUT2D eigenvalue weighted by molar-refractivity contribution is 5.74. The fourth-order valence-electron chi connectivity index (χ4n) is 2.84. The van der Waals surface area contributed by atoms with Crippen LogP contribution in [-0.2, 0) is 0 Å². The van der Waals surface area contributed by atoms with Crippen molar-refractivity contribution in [1.82, 2.24) is 9.55 Å². The van der Waals surface area contributed by atoms with Crippen molar-refractivity contribution >= 4 is 0 Å². The van der Waals surface area contributed by atoms with E-state index in [1.165, 1.54) is 11.1 Å². The van der Waals surface area contributed by atoms with E-state index in [2.05, 4.69) is 70.2 Å². The molecule has 0 unspecified atom stereocenters. The largest absolute Gasteiger partial charge is 0.299 e. The molecule has 0 spiro atoms. The average molecular weight is 296 g/mol. The summed E-state index contributed by atoms with van der Waals surface area (Å²) in [5.41, 5.74) is 4.65. The van der Waals surface area contributed by atoms with Crippen molar-refractivity contribution in [3.8, 4) is 28.2 Å². The first-order valence-electron chi connectivity index (χ1n) is 7.67. The maximum atomic E-state index is 4.56. The van der Waals surface area contributed by atoms with E-state index in [1.807, 2.05) is 36.7 Å². The number of para-hydroxylation sites is 1. The van der Waals surface area contributed by atoms with E-state index in [-0.39, 0.29) is 0 Å². The van der Waals surface area contributed by atoms with Crippen molar-refractivity contribution in [2.75, 3.05) is 0 Å². The molecule has 1 aromatic heterocycles. The number of rotatable bonds is 3. The number of nitrogens with zero attached hydrogens (tertiary/aromatic N) is 2. The molecule has 3 aromatic carbocycles. The van der Waals surface area contributed by atoms with Gasteiger partial charge in [-0.15, -0.1) is 0 Å². The van der Waals surface area contributed by atoms with Gasteiger partial charge in [0, 0.05) is 23.5 Å². The van der Waals surface area contributed by atoms with Gasteiger partial charge in [-0.2, -0.15) is 0 Å². The van der Waals surface area contributed by atoms with Gasteiger partial charge in [0.15, 0.2) is 0 Å². The Kier molecular flexibility index (Phi) is 3.49. The molecule has 0 bridgehead atoms. The Balaban J connectivity index is 1.90. The van der Waals surface area contributed by atoms with E-state index in [4.69, 9.17) is 0 Å². The zero-order valence-corrected chi connectivity index (χ0v) is 12.6. The summed E-state index contributed by atoms with van der Waals surface area (Å²) in [5.74, 6) is 0.953. The third-order valence-electron chi connectivity index (χ3n) is 3.92. The Hall–Kier alpha value is -3.13. The van der Waals surface area contributed by atoms with Crippen LogP contribution in [0.2, 0.25) is 0 Å². The van der Waals surface area contributed by atoms with Crippen LogP contribution >= 0.6 is 0 Å². The fraction of sp³-hybridized carbons (Fsp3) is 0. The molecule has 0 radical (unpaired) electrons. The summed E-state index contributed by atoms with van der Waals surface area (Å²) in [7, 11) is 0. The SMILES string of the molecule is c1ccc(-c2ccccc2-n2ccnc2-c2ccccc2)cc1. The van der Waals surface area contributed by atoms with Crippen molar-refractivity contribution in [3.63, 3.8) is 0 Å². The maximum absolute atomic E-state index is 4.56. The molecule has 1 heterocycles. The minimum atomic E-state index is 0.953. The van der Waals surface area contributed by atoms with Crippen molar-refractivity contribution in [3.05, 3.63) is 97.3 Å². The van der Waals surface area contributed by atoms with Crippen molar-refractivity contribution < 1.29 is 0 Å². The van der Waals surface area contributed by atoms with Gasteiger partial charge >= 0.3 is 0 Å². The molecular formula is C21H16N2. The van der Waals surface area contributed by atoms with Gasteiger partial charge in [-0.05, 0) is 11.6 Å². The first-order valence-corrected chi connectivity index (χ1v) is 7.67. The Bertz CT molecular complexity index is 909. The van der Waals surface area contributed by atoms with E-state index >= 15 is 0 Å². The van der Waals surface area contributed by atoms with Crippen LogP contribution in [-0.4, -0.2) is 9.55 Å². The van der Waals surface area contributed by atoms with Crippen molar-refractivity contribution in [2.45, 2.75) is 0 Å². The zero-order chi connectivity index (χ0) is 15.5. The molecule has 0 atom stereocenters. The van der Waals surface area contributed by atoms with E-state index in [9.17, 15) is 0 Å². The van der Waals surface area contributed by atoms with Gasteiger partial charge in [-0.3, -0.25) is 4.57 Å².